The normalized spacial score (nSPS) is 31.3. The Hall–Kier alpha value is -2.30. The van der Waals surface area contributed by atoms with E-state index in [-0.39, 0.29) is 12.4 Å². The van der Waals surface area contributed by atoms with Gasteiger partial charge in [0.2, 0.25) is 0 Å². The van der Waals surface area contributed by atoms with Crippen molar-refractivity contribution in [2.24, 2.45) is 0 Å². The van der Waals surface area contributed by atoms with Gasteiger partial charge in [-0.25, -0.2) is 4.98 Å². The van der Waals surface area contributed by atoms with Crippen molar-refractivity contribution in [1.29, 1.82) is 0 Å². The van der Waals surface area contributed by atoms with Crippen LogP contribution in [0.25, 0.3) is 11.4 Å². The summed E-state index contributed by atoms with van der Waals surface area (Å²) in [6.07, 6.45) is -1.78. The first kappa shape index (κ1) is 19.0. The van der Waals surface area contributed by atoms with Gasteiger partial charge in [-0.2, -0.15) is 0 Å². The lowest BCUT2D eigenvalue weighted by atomic mass is 9.95. The monoisotopic (exact) mass is 391 g/mol. The summed E-state index contributed by atoms with van der Waals surface area (Å²) in [7, 11) is 2.87. The molecule has 28 heavy (non-hydrogen) atoms. The van der Waals surface area contributed by atoms with Crippen LogP contribution >= 0.6 is 0 Å². The maximum absolute atomic E-state index is 11.0. The molecule has 1 saturated heterocycles. The summed E-state index contributed by atoms with van der Waals surface area (Å²) < 4.78 is 29.0. The number of rotatable bonds is 4. The van der Waals surface area contributed by atoms with Crippen molar-refractivity contribution in [2.75, 3.05) is 14.2 Å². The van der Waals surface area contributed by atoms with Crippen LogP contribution < -0.4 is 9.47 Å². The van der Waals surface area contributed by atoms with Crippen LogP contribution in [0.3, 0.4) is 0 Å². The van der Waals surface area contributed by atoms with Crippen LogP contribution in [0.1, 0.15) is 12.6 Å². The van der Waals surface area contributed by atoms with E-state index in [1.165, 1.54) is 14.2 Å². The van der Waals surface area contributed by atoms with Crippen LogP contribution in [0.4, 0.5) is 0 Å². The third-order valence-electron chi connectivity index (χ3n) is 5.00. The molecule has 1 fully saturated rings. The number of aliphatic hydroxyl groups excluding tert-OH is 2. The summed E-state index contributed by atoms with van der Waals surface area (Å²) in [6, 6.07) is 6.90. The first-order valence-electron chi connectivity index (χ1n) is 8.87. The molecule has 0 aromatic carbocycles. The molecule has 4 rings (SSSR count). The Morgan fingerprint density at radius 2 is 2.11 bits per heavy atom. The van der Waals surface area contributed by atoms with Crippen LogP contribution in [-0.2, 0) is 20.8 Å². The maximum atomic E-state index is 11.0. The Morgan fingerprint density at radius 3 is 2.75 bits per heavy atom. The van der Waals surface area contributed by atoms with Gasteiger partial charge in [0.05, 0.1) is 24.1 Å². The molecule has 2 aliphatic heterocycles. The van der Waals surface area contributed by atoms with Gasteiger partial charge in [-0.3, -0.25) is 4.98 Å². The van der Waals surface area contributed by atoms with Gasteiger partial charge in [-0.15, -0.1) is 0 Å². The molecule has 2 aromatic rings. The number of nitrogens with zero attached hydrogens (tertiary/aromatic N) is 2. The average molecular weight is 391 g/mol. The molecule has 0 aliphatic carbocycles. The van der Waals surface area contributed by atoms with E-state index in [9.17, 15) is 10.2 Å². The number of hydrogen-bond acceptors (Lipinski definition) is 9. The molecule has 9 nitrogen and oxygen atoms in total. The molecule has 0 bridgehead atoms. The van der Waals surface area contributed by atoms with Gasteiger partial charge in [-0.05, 0) is 19.1 Å². The zero-order valence-corrected chi connectivity index (χ0v) is 15.7. The van der Waals surface area contributed by atoms with Crippen molar-refractivity contribution in [2.45, 2.75) is 43.9 Å². The first-order valence-corrected chi connectivity index (χ1v) is 8.87. The Morgan fingerprint density at radius 1 is 1.29 bits per heavy atom. The molecule has 0 saturated carbocycles. The fourth-order valence-electron chi connectivity index (χ4n) is 3.57. The summed E-state index contributed by atoms with van der Waals surface area (Å²) in [5.41, 5.74) is 1.26. The van der Waals surface area contributed by atoms with Crippen LogP contribution in [0.5, 0.6) is 11.5 Å². The largest absolute Gasteiger partial charge is 0.454 e. The van der Waals surface area contributed by atoms with Crippen LogP contribution in [-0.4, -0.2) is 64.8 Å². The van der Waals surface area contributed by atoms with E-state index in [1.807, 2.05) is 6.07 Å². The van der Waals surface area contributed by atoms with Gasteiger partial charge in [0.15, 0.2) is 17.6 Å². The average Bonchev–Trinajstić information content (AvgIpc) is 2.72. The maximum Gasteiger partial charge on any atom is 0.302 e. The van der Waals surface area contributed by atoms with Crippen molar-refractivity contribution < 1.29 is 33.9 Å². The highest BCUT2D eigenvalue weighted by Crippen LogP contribution is 2.48. The smallest absolute Gasteiger partial charge is 0.302 e. The molecule has 4 heterocycles. The Bertz CT molecular complexity index is 850. The minimum absolute atomic E-state index is 0.237. The van der Waals surface area contributed by atoms with Gasteiger partial charge in [-0.1, -0.05) is 6.07 Å². The Kier molecular flexibility index (Phi) is 4.94. The fourth-order valence-corrected chi connectivity index (χ4v) is 3.57. The van der Waals surface area contributed by atoms with E-state index in [0.29, 0.717) is 22.8 Å². The van der Waals surface area contributed by atoms with Gasteiger partial charge in [0.1, 0.15) is 11.8 Å². The van der Waals surface area contributed by atoms with Crippen LogP contribution in [0.15, 0.2) is 30.5 Å². The molecular weight excluding hydrogens is 369 g/mol. The third-order valence-corrected chi connectivity index (χ3v) is 5.00. The number of aromatic nitrogens is 2. The zero-order valence-electron chi connectivity index (χ0n) is 15.7. The topological polar surface area (TPSA) is 112 Å². The van der Waals surface area contributed by atoms with E-state index in [2.05, 4.69) is 9.97 Å². The van der Waals surface area contributed by atoms with E-state index >= 15 is 0 Å². The lowest BCUT2D eigenvalue weighted by molar-refractivity contribution is -0.391. The predicted octanol–water partition coefficient (Wildman–Crippen LogP) is 0.870. The molecule has 0 spiro atoms. The quantitative estimate of drug-likeness (QED) is 0.733. The number of hydrogen-bond donors (Lipinski definition) is 2. The summed E-state index contributed by atoms with van der Waals surface area (Å²) in [5, 5.41) is 20.6. The standard InChI is InChI=1S/C19H22N2O7/c1-10-15(24-2)17(23)19(25-3)18(26-10)27-13-8-11(9-22)21-14(16(13)28-19)12-6-4-5-7-20-12/h4-8,10,15,17-18,22-23H,9H2,1-3H3/t10-,15-,17+,18-,19-/m0/s1/i9+1. The SMILES string of the molecule is CO[C@H]1[C@H](C)O[C@H]2Oc3cc([13CH2]O)nc(-c4ccccn4)c3O[C@@]2(OC)[C@@H]1O. The lowest BCUT2D eigenvalue weighted by Gasteiger charge is -2.51. The second-order valence-electron chi connectivity index (χ2n) is 6.63. The van der Waals surface area contributed by atoms with E-state index < -0.39 is 30.4 Å². The van der Waals surface area contributed by atoms with Gasteiger partial charge in [0, 0.05) is 26.5 Å². The molecule has 5 atom stereocenters. The van der Waals surface area contributed by atoms with Gasteiger partial charge in [0.25, 0.3) is 6.29 Å². The zero-order chi connectivity index (χ0) is 19.9. The van der Waals surface area contributed by atoms with E-state index in [1.54, 1.807) is 31.3 Å². The first-order chi connectivity index (χ1) is 13.5. The number of pyridine rings is 2. The Balaban J connectivity index is 1.86. The summed E-state index contributed by atoms with van der Waals surface area (Å²) in [6.45, 7) is 1.48. The second kappa shape index (κ2) is 7.26. The van der Waals surface area contributed by atoms with Crippen LogP contribution in [0.2, 0.25) is 0 Å². The number of aliphatic hydroxyl groups is 2. The third kappa shape index (κ3) is 2.83. The molecule has 150 valence electrons. The minimum Gasteiger partial charge on any atom is -0.454 e. The van der Waals surface area contributed by atoms with Crippen LogP contribution in [0, 0.1) is 0 Å². The highest BCUT2D eigenvalue weighted by molar-refractivity contribution is 5.68. The highest BCUT2D eigenvalue weighted by atomic mass is 16.8. The molecule has 9 heteroatoms. The second-order valence-corrected chi connectivity index (χ2v) is 6.63. The van der Waals surface area contributed by atoms with Crippen molar-refractivity contribution in [1.82, 2.24) is 9.97 Å². The number of methoxy groups -OCH3 is 2. The minimum atomic E-state index is -1.66. The Labute approximate surface area is 161 Å². The summed E-state index contributed by atoms with van der Waals surface area (Å²) in [5.74, 6) is -1.11. The van der Waals surface area contributed by atoms with Crippen molar-refractivity contribution in [3.8, 4) is 22.9 Å². The van der Waals surface area contributed by atoms with Gasteiger partial charge < -0.3 is 33.9 Å². The lowest BCUT2D eigenvalue weighted by Crippen LogP contribution is -2.71. The van der Waals surface area contributed by atoms with Crippen molar-refractivity contribution in [3.63, 3.8) is 0 Å². The molecule has 2 aliphatic rings. The number of ether oxygens (including phenoxy) is 5. The molecule has 2 N–H and O–H groups in total. The summed E-state index contributed by atoms with van der Waals surface area (Å²) >= 11 is 0. The molecule has 2 aromatic heterocycles. The fraction of sp³-hybridized carbons (Fsp3) is 0.474. The highest BCUT2D eigenvalue weighted by Gasteiger charge is 2.62. The van der Waals surface area contributed by atoms with Crippen molar-refractivity contribution >= 4 is 0 Å². The van der Waals surface area contributed by atoms with E-state index in [4.69, 9.17) is 23.7 Å². The van der Waals surface area contributed by atoms with E-state index in [0.717, 1.165) is 0 Å². The molecule has 0 amide bonds. The molecule has 0 radical (unpaired) electrons. The van der Waals surface area contributed by atoms with Crippen molar-refractivity contribution in [3.05, 3.63) is 36.2 Å². The van der Waals surface area contributed by atoms with Gasteiger partial charge >= 0.3 is 5.79 Å². The molecular formula is C19H22N2O7. The molecule has 0 unspecified atom stereocenters. The predicted molar refractivity (Wildman–Crippen MR) is 95.5 cm³/mol. The number of fused-ring (bicyclic) bond motifs is 2. The summed E-state index contributed by atoms with van der Waals surface area (Å²) in [4.78, 5) is 8.74.